The Hall–Kier alpha value is -1.63. The summed E-state index contributed by atoms with van der Waals surface area (Å²) in [4.78, 5) is 12.5. The summed E-state index contributed by atoms with van der Waals surface area (Å²) in [6, 6.07) is 0.564. The van der Waals surface area contributed by atoms with E-state index in [4.69, 9.17) is 14.2 Å². The fourth-order valence-corrected chi connectivity index (χ4v) is 2.29. The van der Waals surface area contributed by atoms with Crippen LogP contribution in [-0.4, -0.2) is 46.9 Å². The van der Waals surface area contributed by atoms with Gasteiger partial charge < -0.3 is 19.5 Å². The fourth-order valence-electron chi connectivity index (χ4n) is 2.29. The average Bonchev–Trinajstić information content (AvgIpc) is 2.37. The SMILES string of the molecule is CCOc1nc(NC)nc(OC2CC(C)OC(C)C2)n1. The fraction of sp³-hybridized carbons (Fsp3) is 0.769. The Morgan fingerprint density at radius 2 is 1.80 bits per heavy atom. The van der Waals surface area contributed by atoms with Crippen LogP contribution in [0.4, 0.5) is 5.95 Å². The quantitative estimate of drug-likeness (QED) is 0.879. The highest BCUT2D eigenvalue weighted by Crippen LogP contribution is 2.23. The molecule has 2 rings (SSSR count). The van der Waals surface area contributed by atoms with E-state index in [2.05, 4.69) is 20.3 Å². The van der Waals surface area contributed by atoms with Crippen LogP contribution in [0.2, 0.25) is 0 Å². The molecule has 1 aromatic rings. The molecule has 7 heteroatoms. The standard InChI is InChI=1S/C13H22N4O3/c1-5-18-12-15-11(14-4)16-13(17-12)20-10-6-8(2)19-9(3)7-10/h8-10H,5-7H2,1-4H3,(H,14,15,16,17). The molecular formula is C13H22N4O3. The number of ether oxygens (including phenoxy) is 3. The summed E-state index contributed by atoms with van der Waals surface area (Å²) in [6.45, 7) is 6.47. The second-order valence-corrected chi connectivity index (χ2v) is 4.88. The number of aromatic nitrogens is 3. The summed E-state index contributed by atoms with van der Waals surface area (Å²) in [5.74, 6) is 0.437. The van der Waals surface area contributed by atoms with E-state index in [-0.39, 0.29) is 24.3 Å². The summed E-state index contributed by atoms with van der Waals surface area (Å²) < 4.78 is 16.9. The van der Waals surface area contributed by atoms with E-state index in [1.54, 1.807) is 7.05 Å². The molecule has 7 nitrogen and oxygen atoms in total. The maximum Gasteiger partial charge on any atom is 0.324 e. The predicted octanol–water partition coefficient (Wildman–Crippen LogP) is 1.65. The van der Waals surface area contributed by atoms with Gasteiger partial charge in [0.25, 0.3) is 0 Å². The van der Waals surface area contributed by atoms with E-state index in [0.717, 1.165) is 12.8 Å². The van der Waals surface area contributed by atoms with Crippen LogP contribution in [0.1, 0.15) is 33.6 Å². The van der Waals surface area contributed by atoms with Crippen LogP contribution >= 0.6 is 0 Å². The molecule has 2 atom stereocenters. The van der Waals surface area contributed by atoms with Gasteiger partial charge in [0.15, 0.2) is 0 Å². The molecule has 0 aromatic carbocycles. The van der Waals surface area contributed by atoms with Gasteiger partial charge in [-0.15, -0.1) is 4.98 Å². The van der Waals surface area contributed by atoms with E-state index in [1.165, 1.54) is 0 Å². The van der Waals surface area contributed by atoms with Gasteiger partial charge in [-0.3, -0.25) is 0 Å². The zero-order chi connectivity index (χ0) is 14.5. The lowest BCUT2D eigenvalue weighted by Gasteiger charge is -2.31. The molecule has 2 unspecified atom stereocenters. The molecule has 2 heterocycles. The normalized spacial score (nSPS) is 26.1. The minimum absolute atomic E-state index is 0.0512. The Kier molecular flexibility index (Phi) is 4.94. The van der Waals surface area contributed by atoms with Crippen molar-refractivity contribution in [3.05, 3.63) is 0 Å². The largest absolute Gasteiger partial charge is 0.464 e. The van der Waals surface area contributed by atoms with Crippen LogP contribution in [0, 0.1) is 0 Å². The zero-order valence-corrected chi connectivity index (χ0v) is 12.4. The molecule has 1 N–H and O–H groups in total. The van der Waals surface area contributed by atoms with E-state index in [1.807, 2.05) is 20.8 Å². The minimum Gasteiger partial charge on any atom is -0.464 e. The Morgan fingerprint density at radius 3 is 2.40 bits per heavy atom. The Bertz CT molecular complexity index is 434. The van der Waals surface area contributed by atoms with Crippen molar-refractivity contribution in [3.63, 3.8) is 0 Å². The number of rotatable bonds is 5. The van der Waals surface area contributed by atoms with Gasteiger partial charge in [0.1, 0.15) is 6.10 Å². The van der Waals surface area contributed by atoms with Crippen molar-refractivity contribution in [2.24, 2.45) is 0 Å². The highest BCUT2D eigenvalue weighted by atomic mass is 16.5. The average molecular weight is 282 g/mol. The van der Waals surface area contributed by atoms with Gasteiger partial charge in [-0.05, 0) is 20.8 Å². The lowest BCUT2D eigenvalue weighted by Crippen LogP contribution is -2.36. The van der Waals surface area contributed by atoms with E-state index in [0.29, 0.717) is 18.6 Å². The maximum atomic E-state index is 5.86. The monoisotopic (exact) mass is 282 g/mol. The molecule has 0 amide bonds. The highest BCUT2D eigenvalue weighted by molar-refractivity contribution is 5.26. The molecule has 1 aliphatic rings. The number of nitrogens with one attached hydrogen (secondary N) is 1. The zero-order valence-electron chi connectivity index (χ0n) is 12.4. The van der Waals surface area contributed by atoms with Crippen LogP contribution in [0.15, 0.2) is 0 Å². The first kappa shape index (κ1) is 14.8. The summed E-state index contributed by atoms with van der Waals surface area (Å²) in [5, 5.41) is 2.87. The molecule has 1 saturated heterocycles. The van der Waals surface area contributed by atoms with Crippen molar-refractivity contribution in [1.29, 1.82) is 0 Å². The Balaban J connectivity index is 2.09. The van der Waals surface area contributed by atoms with Crippen LogP contribution in [0.5, 0.6) is 12.0 Å². The topological polar surface area (TPSA) is 78.4 Å². The molecule has 20 heavy (non-hydrogen) atoms. The second-order valence-electron chi connectivity index (χ2n) is 4.88. The lowest BCUT2D eigenvalue weighted by molar-refractivity contribution is -0.0739. The third kappa shape index (κ3) is 3.93. The smallest absolute Gasteiger partial charge is 0.324 e. The van der Waals surface area contributed by atoms with Crippen LogP contribution in [0.3, 0.4) is 0 Å². The van der Waals surface area contributed by atoms with Gasteiger partial charge in [0.2, 0.25) is 5.95 Å². The van der Waals surface area contributed by atoms with Crippen LogP contribution < -0.4 is 14.8 Å². The molecule has 0 bridgehead atoms. The van der Waals surface area contributed by atoms with Crippen molar-refractivity contribution < 1.29 is 14.2 Å². The summed E-state index contributed by atoms with van der Waals surface area (Å²) in [5.41, 5.74) is 0. The van der Waals surface area contributed by atoms with Crippen molar-refractivity contribution in [2.45, 2.75) is 51.9 Å². The first-order valence-corrected chi connectivity index (χ1v) is 6.99. The van der Waals surface area contributed by atoms with Crippen molar-refractivity contribution in [2.75, 3.05) is 19.0 Å². The first-order chi connectivity index (χ1) is 9.60. The third-order valence-electron chi connectivity index (χ3n) is 3.02. The van der Waals surface area contributed by atoms with Gasteiger partial charge >= 0.3 is 12.0 Å². The molecular weight excluding hydrogens is 260 g/mol. The number of anilines is 1. The van der Waals surface area contributed by atoms with Gasteiger partial charge in [-0.25, -0.2) is 0 Å². The van der Waals surface area contributed by atoms with Crippen molar-refractivity contribution in [1.82, 2.24) is 15.0 Å². The highest BCUT2D eigenvalue weighted by Gasteiger charge is 2.26. The molecule has 0 spiro atoms. The minimum atomic E-state index is 0.0512. The van der Waals surface area contributed by atoms with Gasteiger partial charge in [-0.1, -0.05) is 0 Å². The number of hydrogen-bond acceptors (Lipinski definition) is 7. The molecule has 1 aromatic heterocycles. The summed E-state index contributed by atoms with van der Waals surface area (Å²) in [6.07, 6.45) is 2.07. The Morgan fingerprint density at radius 1 is 1.15 bits per heavy atom. The molecule has 0 aliphatic carbocycles. The second kappa shape index (κ2) is 6.69. The molecule has 1 fully saturated rings. The first-order valence-electron chi connectivity index (χ1n) is 6.99. The van der Waals surface area contributed by atoms with Crippen molar-refractivity contribution in [3.8, 4) is 12.0 Å². The molecule has 1 aliphatic heterocycles. The van der Waals surface area contributed by atoms with Crippen molar-refractivity contribution >= 4 is 5.95 Å². The van der Waals surface area contributed by atoms with Crippen LogP contribution in [0.25, 0.3) is 0 Å². The van der Waals surface area contributed by atoms with Gasteiger partial charge in [0.05, 0.1) is 18.8 Å². The summed E-state index contributed by atoms with van der Waals surface area (Å²) in [7, 11) is 1.74. The molecule has 112 valence electrons. The molecule has 0 saturated carbocycles. The van der Waals surface area contributed by atoms with E-state index in [9.17, 15) is 0 Å². The van der Waals surface area contributed by atoms with E-state index < -0.39 is 0 Å². The van der Waals surface area contributed by atoms with Crippen LogP contribution in [-0.2, 0) is 4.74 Å². The van der Waals surface area contributed by atoms with E-state index >= 15 is 0 Å². The maximum absolute atomic E-state index is 5.86. The van der Waals surface area contributed by atoms with Gasteiger partial charge in [-0.2, -0.15) is 9.97 Å². The number of hydrogen-bond donors (Lipinski definition) is 1. The Labute approximate surface area is 119 Å². The third-order valence-corrected chi connectivity index (χ3v) is 3.02. The predicted molar refractivity (Wildman–Crippen MR) is 74.2 cm³/mol. The molecule has 0 radical (unpaired) electrons. The lowest BCUT2D eigenvalue weighted by atomic mass is 10.0. The summed E-state index contributed by atoms with van der Waals surface area (Å²) >= 11 is 0. The number of nitrogens with zero attached hydrogens (tertiary/aromatic N) is 3. The van der Waals surface area contributed by atoms with Gasteiger partial charge in [0, 0.05) is 19.9 Å².